The molecule has 32 heavy (non-hydrogen) atoms. The number of benzene rings is 2. The van der Waals surface area contributed by atoms with E-state index in [1.807, 2.05) is 6.07 Å². The van der Waals surface area contributed by atoms with Crippen LogP contribution in [0.25, 0.3) is 11.1 Å². The molecule has 6 nitrogen and oxygen atoms in total. The van der Waals surface area contributed by atoms with E-state index in [2.05, 4.69) is 5.32 Å². The highest BCUT2D eigenvalue weighted by molar-refractivity contribution is 6.40. The number of nitrogens with two attached hydrogens (primary N) is 1. The molecule has 0 bridgehead atoms. The molecule has 6 N–H and O–H groups in total. The number of carboxylic acid groups (broad SMARTS) is 1. The van der Waals surface area contributed by atoms with Crippen molar-refractivity contribution < 1.29 is 24.3 Å². The summed E-state index contributed by atoms with van der Waals surface area (Å²) in [5, 5.41) is 31.4. The van der Waals surface area contributed by atoms with Crippen LogP contribution in [-0.2, 0) is 11.3 Å². The number of hydrogen-bond acceptors (Lipinski definition) is 5. The standard InChI is InChI=1S/C23H29BClFN2O4/c25-18-6-4-16(5-7-18)20-8-3-15(11-21(20)26)14-28-19-12-17(13-19)23(27,22(29)30)9-1-2-10-24(31)32/h3-8,11,17,19,28,31-32H,1-2,9-10,12-14,27H2,(H,29,30)/t17-,19+,23?. The van der Waals surface area contributed by atoms with E-state index in [9.17, 15) is 14.3 Å². The monoisotopic (exact) mass is 462 g/mol. The highest BCUT2D eigenvalue weighted by atomic mass is 35.5. The van der Waals surface area contributed by atoms with E-state index in [1.54, 1.807) is 30.3 Å². The molecular weight excluding hydrogens is 434 g/mol. The van der Waals surface area contributed by atoms with Crippen molar-refractivity contribution in [3.8, 4) is 11.1 Å². The average molecular weight is 463 g/mol. The highest BCUT2D eigenvalue weighted by Gasteiger charge is 2.48. The van der Waals surface area contributed by atoms with E-state index in [0.29, 0.717) is 49.2 Å². The fourth-order valence-corrected chi connectivity index (χ4v) is 4.36. The zero-order valence-corrected chi connectivity index (χ0v) is 18.6. The van der Waals surface area contributed by atoms with Crippen LogP contribution < -0.4 is 11.1 Å². The lowest BCUT2D eigenvalue weighted by Gasteiger charge is -2.45. The summed E-state index contributed by atoms with van der Waals surface area (Å²) in [5.74, 6) is -1.48. The number of hydrogen-bond donors (Lipinski definition) is 5. The molecule has 1 unspecified atom stereocenters. The zero-order chi connectivity index (χ0) is 23.3. The van der Waals surface area contributed by atoms with Crippen molar-refractivity contribution in [1.29, 1.82) is 0 Å². The van der Waals surface area contributed by atoms with E-state index in [-0.39, 0.29) is 24.1 Å². The largest absolute Gasteiger partial charge is 0.480 e. The Labute approximate surface area is 192 Å². The van der Waals surface area contributed by atoms with Crippen LogP contribution in [0.15, 0.2) is 42.5 Å². The zero-order valence-electron chi connectivity index (χ0n) is 17.8. The number of halogens is 2. The Kier molecular flexibility index (Phi) is 8.30. The van der Waals surface area contributed by atoms with Crippen LogP contribution >= 0.6 is 11.6 Å². The molecule has 2 aromatic carbocycles. The molecular formula is C23H29BClFN2O4. The smallest absolute Gasteiger partial charge is 0.451 e. The Morgan fingerprint density at radius 3 is 2.47 bits per heavy atom. The second-order valence-corrected chi connectivity index (χ2v) is 9.08. The minimum absolute atomic E-state index is 0.126. The first-order valence-corrected chi connectivity index (χ1v) is 11.2. The predicted molar refractivity (Wildman–Crippen MR) is 124 cm³/mol. The van der Waals surface area contributed by atoms with Gasteiger partial charge in [-0.25, -0.2) is 4.39 Å². The van der Waals surface area contributed by atoms with Crippen LogP contribution in [0.3, 0.4) is 0 Å². The topological polar surface area (TPSA) is 116 Å². The van der Waals surface area contributed by atoms with Crippen LogP contribution in [0.5, 0.6) is 0 Å². The first kappa shape index (κ1) is 24.7. The maximum Gasteiger partial charge on any atom is 0.451 e. The number of carboxylic acids is 1. The predicted octanol–water partition coefficient (Wildman–Crippen LogP) is 3.44. The van der Waals surface area contributed by atoms with Gasteiger partial charge >= 0.3 is 13.1 Å². The number of nitrogens with one attached hydrogen (secondary N) is 1. The lowest BCUT2D eigenvalue weighted by atomic mass is 9.66. The molecule has 1 atom stereocenters. The van der Waals surface area contributed by atoms with Gasteiger partial charge in [0.2, 0.25) is 0 Å². The second kappa shape index (κ2) is 10.8. The van der Waals surface area contributed by atoms with E-state index in [1.165, 1.54) is 6.07 Å². The summed E-state index contributed by atoms with van der Waals surface area (Å²) in [7, 11) is -1.38. The summed E-state index contributed by atoms with van der Waals surface area (Å²) in [6.45, 7) is 0.480. The molecule has 0 radical (unpaired) electrons. The summed E-state index contributed by atoms with van der Waals surface area (Å²) in [4.78, 5) is 11.8. The SMILES string of the molecule is NC(CCCCB(O)O)(C(=O)O)[C@H]1C[C@@H](NCc2ccc(-c3ccc(Cl)cc3)c(F)c2)C1. The second-order valence-electron chi connectivity index (χ2n) is 8.64. The van der Waals surface area contributed by atoms with E-state index in [4.69, 9.17) is 27.4 Å². The number of rotatable bonds is 11. The Hall–Kier alpha value is -1.97. The fraction of sp³-hybridized carbons (Fsp3) is 0.435. The van der Waals surface area contributed by atoms with Crippen LogP contribution in [0.2, 0.25) is 11.3 Å². The number of carbonyl (C=O) groups is 1. The Morgan fingerprint density at radius 1 is 1.19 bits per heavy atom. The molecule has 0 saturated heterocycles. The summed E-state index contributed by atoms with van der Waals surface area (Å²) in [5.41, 5.74) is 6.99. The normalized spacial score (nSPS) is 19.8. The maximum absolute atomic E-state index is 14.6. The molecule has 0 aliphatic heterocycles. The van der Waals surface area contributed by atoms with Crippen LogP contribution in [0, 0.1) is 11.7 Å². The minimum atomic E-state index is -1.38. The fourth-order valence-electron chi connectivity index (χ4n) is 4.23. The van der Waals surface area contributed by atoms with Gasteiger partial charge in [0.05, 0.1) is 0 Å². The highest BCUT2D eigenvalue weighted by Crippen LogP contribution is 2.38. The molecule has 2 aromatic rings. The number of aliphatic carboxylic acids is 1. The van der Waals surface area contributed by atoms with Crippen molar-refractivity contribution in [3.63, 3.8) is 0 Å². The van der Waals surface area contributed by atoms with Gasteiger partial charge in [0.15, 0.2) is 0 Å². The van der Waals surface area contributed by atoms with Gasteiger partial charge in [0, 0.05) is 23.2 Å². The van der Waals surface area contributed by atoms with Gasteiger partial charge in [-0.1, -0.05) is 48.7 Å². The summed E-state index contributed by atoms with van der Waals surface area (Å²) >= 11 is 5.89. The van der Waals surface area contributed by atoms with Crippen molar-refractivity contribution in [1.82, 2.24) is 5.32 Å². The van der Waals surface area contributed by atoms with Gasteiger partial charge in [0.25, 0.3) is 0 Å². The molecule has 1 aliphatic rings. The van der Waals surface area contributed by atoms with Gasteiger partial charge in [-0.3, -0.25) is 4.79 Å². The van der Waals surface area contributed by atoms with E-state index in [0.717, 1.165) is 11.1 Å². The third-order valence-electron chi connectivity index (χ3n) is 6.35. The first-order chi connectivity index (χ1) is 15.2. The molecule has 1 fully saturated rings. The third kappa shape index (κ3) is 6.08. The summed E-state index contributed by atoms with van der Waals surface area (Å²) in [6, 6.07) is 12.3. The van der Waals surface area contributed by atoms with Crippen LogP contribution in [0.1, 0.15) is 37.7 Å². The molecule has 1 saturated carbocycles. The van der Waals surface area contributed by atoms with Crippen molar-refractivity contribution in [3.05, 3.63) is 58.9 Å². The summed E-state index contributed by atoms with van der Waals surface area (Å²) < 4.78 is 14.6. The first-order valence-electron chi connectivity index (χ1n) is 10.8. The molecule has 0 heterocycles. The van der Waals surface area contributed by atoms with Gasteiger partial charge in [0.1, 0.15) is 11.4 Å². The lowest BCUT2D eigenvalue weighted by molar-refractivity contribution is -0.148. The average Bonchev–Trinajstić information content (AvgIpc) is 2.70. The minimum Gasteiger partial charge on any atom is -0.480 e. The van der Waals surface area contributed by atoms with E-state index < -0.39 is 18.6 Å². The van der Waals surface area contributed by atoms with Gasteiger partial charge in [-0.05, 0) is 60.8 Å². The lowest BCUT2D eigenvalue weighted by Crippen LogP contribution is -2.61. The van der Waals surface area contributed by atoms with Crippen molar-refractivity contribution in [2.24, 2.45) is 11.7 Å². The molecule has 3 rings (SSSR count). The van der Waals surface area contributed by atoms with Crippen molar-refractivity contribution in [2.45, 2.75) is 56.5 Å². The van der Waals surface area contributed by atoms with Gasteiger partial charge < -0.3 is 26.2 Å². The molecule has 0 aromatic heterocycles. The van der Waals surface area contributed by atoms with E-state index >= 15 is 0 Å². The van der Waals surface area contributed by atoms with Gasteiger partial charge in [-0.2, -0.15) is 0 Å². The Balaban J connectivity index is 1.50. The van der Waals surface area contributed by atoms with Gasteiger partial charge in [-0.15, -0.1) is 0 Å². The van der Waals surface area contributed by atoms with Crippen LogP contribution in [-0.4, -0.2) is 39.8 Å². The third-order valence-corrected chi connectivity index (χ3v) is 6.60. The Bertz CT molecular complexity index is 925. The number of unbranched alkanes of at least 4 members (excludes halogenated alkanes) is 1. The maximum atomic E-state index is 14.6. The van der Waals surface area contributed by atoms with Crippen LogP contribution in [0.4, 0.5) is 4.39 Å². The Morgan fingerprint density at radius 2 is 1.88 bits per heavy atom. The molecule has 0 spiro atoms. The molecule has 1 aliphatic carbocycles. The quantitative estimate of drug-likeness (QED) is 0.258. The molecule has 172 valence electrons. The summed E-state index contributed by atoms with van der Waals surface area (Å²) in [6.07, 6.45) is 2.80. The molecule has 9 heteroatoms. The van der Waals surface area contributed by atoms with Crippen molar-refractivity contribution in [2.75, 3.05) is 0 Å². The molecule has 0 amide bonds. The van der Waals surface area contributed by atoms with Crippen molar-refractivity contribution >= 4 is 24.7 Å².